The number of hydrogen-bond acceptors (Lipinski definition) is 2. The Morgan fingerprint density at radius 2 is 2.19 bits per heavy atom. The lowest BCUT2D eigenvalue weighted by molar-refractivity contribution is 0.340. The molecule has 1 aromatic carbocycles. The van der Waals surface area contributed by atoms with E-state index in [1.807, 2.05) is 32.0 Å². The lowest BCUT2D eigenvalue weighted by atomic mass is 9.98. The van der Waals surface area contributed by atoms with E-state index in [1.54, 1.807) is 0 Å². The molecule has 0 aromatic heterocycles. The summed E-state index contributed by atoms with van der Waals surface area (Å²) in [6.45, 7) is 4.55. The molecule has 0 fully saturated rings. The minimum atomic E-state index is 0.0639. The van der Waals surface area contributed by atoms with Crippen molar-refractivity contribution in [2.45, 2.75) is 26.7 Å². The zero-order chi connectivity index (χ0) is 12.0. The van der Waals surface area contributed by atoms with Crippen molar-refractivity contribution >= 4 is 11.6 Å². The van der Waals surface area contributed by atoms with Crippen molar-refractivity contribution in [1.29, 1.82) is 5.26 Å². The molecule has 0 aliphatic carbocycles. The fraction of sp³-hybridized carbons (Fsp3) is 0.462. The molecule has 3 heteroatoms. The van der Waals surface area contributed by atoms with Crippen LogP contribution in [0.15, 0.2) is 18.2 Å². The second-order valence-corrected chi connectivity index (χ2v) is 4.04. The van der Waals surface area contributed by atoms with Crippen LogP contribution in [0.25, 0.3) is 0 Å². The van der Waals surface area contributed by atoms with Crippen molar-refractivity contribution in [2.24, 2.45) is 5.92 Å². The zero-order valence-electron chi connectivity index (χ0n) is 9.66. The Hall–Kier alpha value is -1.20. The summed E-state index contributed by atoms with van der Waals surface area (Å²) in [6, 6.07) is 8.00. The number of ether oxygens (including phenoxy) is 1. The van der Waals surface area contributed by atoms with Crippen molar-refractivity contribution in [3.8, 4) is 11.8 Å². The van der Waals surface area contributed by atoms with Gasteiger partial charge in [0.25, 0.3) is 0 Å². The smallest absolute Gasteiger partial charge is 0.137 e. The van der Waals surface area contributed by atoms with Crippen LogP contribution in [0.2, 0.25) is 5.02 Å². The molecule has 0 saturated heterocycles. The van der Waals surface area contributed by atoms with Crippen molar-refractivity contribution in [1.82, 2.24) is 0 Å². The molecule has 0 aliphatic heterocycles. The minimum Gasteiger partial charge on any atom is -0.492 e. The van der Waals surface area contributed by atoms with Gasteiger partial charge in [0.05, 0.1) is 23.6 Å². The van der Waals surface area contributed by atoms with E-state index in [0.29, 0.717) is 17.4 Å². The molecular formula is C13H16ClNO. The first-order valence-electron chi connectivity index (χ1n) is 5.52. The second kappa shape index (κ2) is 6.40. The first kappa shape index (κ1) is 12.9. The Balaban J connectivity index is 2.77. The molecule has 86 valence electrons. The van der Waals surface area contributed by atoms with Crippen LogP contribution in [0.1, 0.15) is 25.8 Å². The Labute approximate surface area is 102 Å². The van der Waals surface area contributed by atoms with Crippen LogP contribution in [0.4, 0.5) is 0 Å². The molecular weight excluding hydrogens is 222 g/mol. The van der Waals surface area contributed by atoms with Crippen LogP contribution >= 0.6 is 11.6 Å². The Kier molecular flexibility index (Phi) is 5.14. The highest BCUT2D eigenvalue weighted by molar-refractivity contribution is 6.32. The molecule has 1 atom stereocenters. The predicted molar refractivity (Wildman–Crippen MR) is 65.7 cm³/mol. The van der Waals surface area contributed by atoms with Crippen LogP contribution in [0, 0.1) is 17.2 Å². The number of hydrogen-bond donors (Lipinski definition) is 0. The molecule has 0 amide bonds. The molecule has 1 unspecified atom stereocenters. The minimum absolute atomic E-state index is 0.0639. The summed E-state index contributed by atoms with van der Waals surface area (Å²) in [6.07, 6.45) is 1.61. The number of nitriles is 1. The van der Waals surface area contributed by atoms with Gasteiger partial charge in [-0.1, -0.05) is 24.6 Å². The van der Waals surface area contributed by atoms with Crippen molar-refractivity contribution < 1.29 is 4.74 Å². The lowest BCUT2D eigenvalue weighted by Crippen LogP contribution is -2.00. The van der Waals surface area contributed by atoms with E-state index in [2.05, 4.69) is 6.07 Å². The molecule has 16 heavy (non-hydrogen) atoms. The van der Waals surface area contributed by atoms with Gasteiger partial charge in [0.15, 0.2) is 0 Å². The number of benzene rings is 1. The average Bonchev–Trinajstić information content (AvgIpc) is 2.29. The van der Waals surface area contributed by atoms with Crippen LogP contribution < -0.4 is 4.74 Å². The number of halogens is 1. The molecule has 0 aliphatic rings. The van der Waals surface area contributed by atoms with Crippen molar-refractivity contribution in [3.05, 3.63) is 28.8 Å². The molecule has 0 heterocycles. The maximum Gasteiger partial charge on any atom is 0.137 e. The highest BCUT2D eigenvalue weighted by atomic mass is 35.5. The van der Waals surface area contributed by atoms with Gasteiger partial charge < -0.3 is 4.74 Å². The van der Waals surface area contributed by atoms with Gasteiger partial charge in [-0.2, -0.15) is 5.26 Å². The zero-order valence-corrected chi connectivity index (χ0v) is 10.4. The summed E-state index contributed by atoms with van der Waals surface area (Å²) >= 11 is 6.07. The summed E-state index contributed by atoms with van der Waals surface area (Å²) < 4.78 is 5.35. The monoisotopic (exact) mass is 237 g/mol. The highest BCUT2D eigenvalue weighted by Crippen LogP contribution is 2.26. The molecule has 1 aromatic rings. The summed E-state index contributed by atoms with van der Waals surface area (Å²) in [7, 11) is 0. The first-order chi connectivity index (χ1) is 7.71. The SMILES string of the molecule is CCOc1ccc(CC(C#N)CC)cc1Cl. The Bertz CT molecular complexity index is 384. The van der Waals surface area contributed by atoms with Crippen molar-refractivity contribution in [3.63, 3.8) is 0 Å². The van der Waals surface area contributed by atoms with E-state index >= 15 is 0 Å². The third-order valence-electron chi connectivity index (χ3n) is 2.45. The largest absolute Gasteiger partial charge is 0.492 e. The summed E-state index contributed by atoms with van der Waals surface area (Å²) in [5.41, 5.74) is 1.09. The van der Waals surface area contributed by atoms with Gasteiger partial charge in [-0.15, -0.1) is 0 Å². The predicted octanol–water partition coefficient (Wildman–Crippen LogP) is 3.83. The lowest BCUT2D eigenvalue weighted by Gasteiger charge is -2.09. The third kappa shape index (κ3) is 3.43. The van der Waals surface area contributed by atoms with Crippen molar-refractivity contribution in [2.75, 3.05) is 6.61 Å². The molecule has 0 N–H and O–H groups in total. The summed E-state index contributed by atoms with van der Waals surface area (Å²) in [5, 5.41) is 9.51. The first-order valence-corrected chi connectivity index (χ1v) is 5.89. The number of nitrogens with zero attached hydrogens (tertiary/aromatic N) is 1. The van der Waals surface area contributed by atoms with Crippen LogP contribution in [0.3, 0.4) is 0 Å². The fourth-order valence-corrected chi connectivity index (χ4v) is 1.77. The molecule has 0 spiro atoms. The third-order valence-corrected chi connectivity index (χ3v) is 2.75. The fourth-order valence-electron chi connectivity index (χ4n) is 1.51. The van der Waals surface area contributed by atoms with Gasteiger partial charge in [0, 0.05) is 0 Å². The molecule has 1 rings (SSSR count). The van der Waals surface area contributed by atoms with Gasteiger partial charge >= 0.3 is 0 Å². The molecule has 0 radical (unpaired) electrons. The average molecular weight is 238 g/mol. The quantitative estimate of drug-likeness (QED) is 0.780. The van der Waals surface area contributed by atoms with E-state index in [0.717, 1.165) is 18.4 Å². The van der Waals surface area contributed by atoms with E-state index in [1.165, 1.54) is 0 Å². The second-order valence-electron chi connectivity index (χ2n) is 3.64. The van der Waals surface area contributed by atoms with Crippen LogP contribution in [0.5, 0.6) is 5.75 Å². The standard InChI is InChI=1S/C13H16ClNO/c1-3-10(9-15)7-11-5-6-13(16-4-2)12(14)8-11/h5-6,8,10H,3-4,7H2,1-2H3. The topological polar surface area (TPSA) is 33.0 Å². The molecule has 0 saturated carbocycles. The normalized spacial score (nSPS) is 11.9. The van der Waals surface area contributed by atoms with Gasteiger partial charge in [-0.25, -0.2) is 0 Å². The van der Waals surface area contributed by atoms with Gasteiger partial charge in [-0.05, 0) is 37.5 Å². The summed E-state index contributed by atoms with van der Waals surface area (Å²) in [5.74, 6) is 0.770. The number of rotatable bonds is 5. The van der Waals surface area contributed by atoms with Gasteiger partial charge in [0.2, 0.25) is 0 Å². The van der Waals surface area contributed by atoms with E-state index in [9.17, 15) is 0 Å². The highest BCUT2D eigenvalue weighted by Gasteiger charge is 2.08. The van der Waals surface area contributed by atoms with E-state index in [4.69, 9.17) is 21.6 Å². The Morgan fingerprint density at radius 3 is 2.69 bits per heavy atom. The molecule has 0 bridgehead atoms. The van der Waals surface area contributed by atoms with E-state index < -0.39 is 0 Å². The van der Waals surface area contributed by atoms with Crippen LogP contribution in [-0.4, -0.2) is 6.61 Å². The van der Waals surface area contributed by atoms with Gasteiger partial charge in [-0.3, -0.25) is 0 Å². The maximum atomic E-state index is 8.89. The van der Waals surface area contributed by atoms with Crippen LogP contribution in [-0.2, 0) is 6.42 Å². The maximum absolute atomic E-state index is 8.89. The Morgan fingerprint density at radius 1 is 1.44 bits per heavy atom. The van der Waals surface area contributed by atoms with Gasteiger partial charge in [0.1, 0.15) is 5.75 Å². The molecule has 2 nitrogen and oxygen atoms in total. The van der Waals surface area contributed by atoms with E-state index in [-0.39, 0.29) is 5.92 Å². The summed E-state index contributed by atoms with van der Waals surface area (Å²) in [4.78, 5) is 0.